The molecule has 0 radical (unpaired) electrons. The summed E-state index contributed by atoms with van der Waals surface area (Å²) < 4.78 is 0.799. The van der Waals surface area contributed by atoms with Crippen molar-refractivity contribution in [1.29, 1.82) is 0 Å². The standard InChI is InChI=1S/C14H18ClN3O2S/c1-14(12(19)16-13(20)17-14)9-3-2-6-18(7-9)8-10-4-5-11(15)21-10/h4-5,9H,2-3,6-8H2,1H3,(H2,16,17,19,20)/t9-,14+/m0/s1. The van der Waals surface area contributed by atoms with Gasteiger partial charge in [0.25, 0.3) is 5.91 Å². The van der Waals surface area contributed by atoms with Gasteiger partial charge in [0.15, 0.2) is 0 Å². The fourth-order valence-corrected chi connectivity index (χ4v) is 4.30. The largest absolute Gasteiger partial charge is 0.323 e. The van der Waals surface area contributed by atoms with Crippen LogP contribution in [0.5, 0.6) is 0 Å². The van der Waals surface area contributed by atoms with E-state index < -0.39 is 5.54 Å². The number of nitrogens with zero attached hydrogens (tertiary/aromatic N) is 1. The first-order valence-electron chi connectivity index (χ1n) is 7.07. The second-order valence-electron chi connectivity index (χ2n) is 5.89. The zero-order chi connectivity index (χ0) is 15.0. The molecule has 1 aromatic rings. The molecular formula is C14H18ClN3O2S. The Kier molecular flexibility index (Phi) is 3.94. The third-order valence-corrected chi connectivity index (χ3v) is 5.62. The first-order valence-corrected chi connectivity index (χ1v) is 8.27. The number of halogens is 1. The number of imide groups is 1. The molecule has 2 aliphatic heterocycles. The molecule has 0 unspecified atom stereocenters. The summed E-state index contributed by atoms with van der Waals surface area (Å²) in [6.45, 7) is 4.49. The predicted molar refractivity (Wildman–Crippen MR) is 82.4 cm³/mol. The summed E-state index contributed by atoms with van der Waals surface area (Å²) in [5, 5.41) is 5.14. The summed E-state index contributed by atoms with van der Waals surface area (Å²) in [5.41, 5.74) is -0.789. The Hall–Kier alpha value is -1.11. The molecule has 2 N–H and O–H groups in total. The van der Waals surface area contributed by atoms with Crippen LogP contribution >= 0.6 is 22.9 Å². The van der Waals surface area contributed by atoms with Gasteiger partial charge in [-0.1, -0.05) is 11.6 Å². The number of hydrogen-bond acceptors (Lipinski definition) is 4. The van der Waals surface area contributed by atoms with Gasteiger partial charge in [-0.05, 0) is 38.4 Å². The number of carbonyl (C=O) groups excluding carboxylic acids is 2. The van der Waals surface area contributed by atoms with Crippen molar-refractivity contribution in [2.24, 2.45) is 5.92 Å². The van der Waals surface area contributed by atoms with E-state index in [2.05, 4.69) is 15.5 Å². The van der Waals surface area contributed by atoms with Gasteiger partial charge in [0.2, 0.25) is 0 Å². The average Bonchev–Trinajstić information content (AvgIpc) is 2.94. The smallest absolute Gasteiger partial charge is 0.322 e. The monoisotopic (exact) mass is 327 g/mol. The third kappa shape index (κ3) is 2.93. The van der Waals surface area contributed by atoms with E-state index in [-0.39, 0.29) is 17.9 Å². The Morgan fingerprint density at radius 1 is 1.48 bits per heavy atom. The minimum absolute atomic E-state index is 0.133. The second-order valence-corrected chi connectivity index (χ2v) is 7.69. The number of piperidine rings is 1. The molecule has 7 heteroatoms. The quantitative estimate of drug-likeness (QED) is 0.837. The lowest BCUT2D eigenvalue weighted by Crippen LogP contribution is -2.55. The highest BCUT2D eigenvalue weighted by Crippen LogP contribution is 2.31. The van der Waals surface area contributed by atoms with Crippen LogP contribution in [0.1, 0.15) is 24.6 Å². The van der Waals surface area contributed by atoms with Crippen LogP contribution in [0.15, 0.2) is 12.1 Å². The number of nitrogens with one attached hydrogen (secondary N) is 2. The van der Waals surface area contributed by atoms with Crippen LogP contribution < -0.4 is 10.6 Å². The Morgan fingerprint density at radius 3 is 2.90 bits per heavy atom. The number of hydrogen-bond donors (Lipinski definition) is 2. The van der Waals surface area contributed by atoms with Gasteiger partial charge in [0.1, 0.15) is 5.54 Å². The Morgan fingerprint density at radius 2 is 2.29 bits per heavy atom. The molecule has 0 spiro atoms. The molecule has 114 valence electrons. The zero-order valence-electron chi connectivity index (χ0n) is 11.8. The third-order valence-electron chi connectivity index (χ3n) is 4.40. The van der Waals surface area contributed by atoms with E-state index in [1.807, 2.05) is 19.1 Å². The Bertz CT molecular complexity index is 576. The molecule has 1 aromatic heterocycles. The maximum Gasteiger partial charge on any atom is 0.322 e. The van der Waals surface area contributed by atoms with E-state index in [9.17, 15) is 9.59 Å². The normalized spacial score (nSPS) is 30.3. The minimum Gasteiger partial charge on any atom is -0.323 e. The lowest BCUT2D eigenvalue weighted by molar-refractivity contribution is -0.126. The number of rotatable bonds is 3. The number of thiophene rings is 1. The van der Waals surface area contributed by atoms with Crippen LogP contribution in [-0.4, -0.2) is 35.5 Å². The topological polar surface area (TPSA) is 61.4 Å². The van der Waals surface area contributed by atoms with Gasteiger partial charge in [-0.25, -0.2) is 4.79 Å². The highest BCUT2D eigenvalue weighted by atomic mass is 35.5. The minimum atomic E-state index is -0.789. The van der Waals surface area contributed by atoms with Gasteiger partial charge in [-0.15, -0.1) is 11.3 Å². The average molecular weight is 328 g/mol. The van der Waals surface area contributed by atoms with Crippen molar-refractivity contribution >= 4 is 34.9 Å². The number of carbonyl (C=O) groups is 2. The summed E-state index contributed by atoms with van der Waals surface area (Å²) in [6.07, 6.45) is 1.98. The molecule has 2 atom stereocenters. The van der Waals surface area contributed by atoms with E-state index in [4.69, 9.17) is 11.6 Å². The molecule has 0 aromatic carbocycles. The highest BCUT2D eigenvalue weighted by molar-refractivity contribution is 7.16. The van der Waals surface area contributed by atoms with Gasteiger partial charge in [-0.3, -0.25) is 15.0 Å². The molecule has 21 heavy (non-hydrogen) atoms. The van der Waals surface area contributed by atoms with Crippen molar-refractivity contribution in [3.8, 4) is 0 Å². The Balaban J connectivity index is 1.68. The SMILES string of the molecule is C[C@]1([C@H]2CCCN(Cc3ccc(Cl)s3)C2)NC(=O)NC1=O. The van der Waals surface area contributed by atoms with Crippen molar-refractivity contribution in [2.75, 3.05) is 13.1 Å². The van der Waals surface area contributed by atoms with Crippen molar-refractivity contribution in [2.45, 2.75) is 31.8 Å². The van der Waals surface area contributed by atoms with Crippen LogP contribution in [0.25, 0.3) is 0 Å². The first kappa shape index (κ1) is 14.8. The molecule has 3 amide bonds. The summed E-state index contributed by atoms with van der Waals surface area (Å²) in [6, 6.07) is 3.57. The van der Waals surface area contributed by atoms with Crippen molar-refractivity contribution in [3.05, 3.63) is 21.3 Å². The summed E-state index contributed by atoms with van der Waals surface area (Å²) in [7, 11) is 0. The molecule has 3 rings (SSSR count). The predicted octanol–water partition coefficient (Wildman–Crippen LogP) is 2.21. The van der Waals surface area contributed by atoms with Crippen molar-refractivity contribution in [3.63, 3.8) is 0 Å². The van der Waals surface area contributed by atoms with Crippen LogP contribution in [-0.2, 0) is 11.3 Å². The van der Waals surface area contributed by atoms with Crippen LogP contribution in [0, 0.1) is 5.92 Å². The molecular weight excluding hydrogens is 310 g/mol. The van der Waals surface area contributed by atoms with Crippen molar-refractivity contribution in [1.82, 2.24) is 15.5 Å². The maximum atomic E-state index is 12.0. The molecule has 0 bridgehead atoms. The van der Waals surface area contributed by atoms with Gasteiger partial charge in [-0.2, -0.15) is 0 Å². The zero-order valence-corrected chi connectivity index (χ0v) is 13.4. The van der Waals surface area contributed by atoms with Gasteiger partial charge < -0.3 is 5.32 Å². The van der Waals surface area contributed by atoms with E-state index in [1.165, 1.54) is 4.88 Å². The highest BCUT2D eigenvalue weighted by Gasteiger charge is 2.48. The first-order chi connectivity index (χ1) is 9.97. The molecule has 2 saturated heterocycles. The summed E-state index contributed by atoms with van der Waals surface area (Å²) in [4.78, 5) is 27.0. The second kappa shape index (κ2) is 5.59. The molecule has 0 aliphatic carbocycles. The van der Waals surface area contributed by atoms with Crippen molar-refractivity contribution < 1.29 is 9.59 Å². The Labute approximate surface area is 132 Å². The van der Waals surface area contributed by atoms with Crippen LogP contribution in [0.2, 0.25) is 4.34 Å². The molecule has 3 heterocycles. The van der Waals surface area contributed by atoms with E-state index in [1.54, 1.807) is 11.3 Å². The van der Waals surface area contributed by atoms with E-state index >= 15 is 0 Å². The van der Waals surface area contributed by atoms with Crippen LogP contribution in [0.3, 0.4) is 0 Å². The van der Waals surface area contributed by atoms with Gasteiger partial charge in [0, 0.05) is 23.9 Å². The molecule has 0 saturated carbocycles. The van der Waals surface area contributed by atoms with E-state index in [0.29, 0.717) is 0 Å². The number of likely N-dealkylation sites (tertiary alicyclic amines) is 1. The summed E-state index contributed by atoms with van der Waals surface area (Å²) in [5.74, 6) is -0.0772. The van der Waals surface area contributed by atoms with E-state index in [0.717, 1.165) is 36.8 Å². The lowest BCUT2D eigenvalue weighted by Gasteiger charge is -2.39. The summed E-state index contributed by atoms with van der Waals surface area (Å²) >= 11 is 7.56. The lowest BCUT2D eigenvalue weighted by atomic mass is 9.80. The van der Waals surface area contributed by atoms with Crippen LogP contribution in [0.4, 0.5) is 4.79 Å². The van der Waals surface area contributed by atoms with Gasteiger partial charge >= 0.3 is 6.03 Å². The maximum absolute atomic E-state index is 12.0. The fourth-order valence-electron chi connectivity index (χ4n) is 3.17. The van der Waals surface area contributed by atoms with Gasteiger partial charge in [0.05, 0.1) is 4.34 Å². The molecule has 2 aliphatic rings. The molecule has 2 fully saturated rings. The number of amides is 3. The molecule has 5 nitrogen and oxygen atoms in total. The fraction of sp³-hybridized carbons (Fsp3) is 0.571. The number of urea groups is 1.